The summed E-state index contributed by atoms with van der Waals surface area (Å²) in [5, 5.41) is 0. The lowest BCUT2D eigenvalue weighted by molar-refractivity contribution is -0.167. The van der Waals surface area contributed by atoms with Gasteiger partial charge in [0.25, 0.3) is 0 Å². The Morgan fingerprint density at radius 1 is 0.328 bits per heavy atom. The van der Waals surface area contributed by atoms with Crippen LogP contribution in [0, 0.1) is 0 Å². The monoisotopic (exact) mass is 879 g/mol. The van der Waals surface area contributed by atoms with Crippen molar-refractivity contribution < 1.29 is 28.6 Å². The van der Waals surface area contributed by atoms with Gasteiger partial charge in [0.2, 0.25) is 0 Å². The van der Waals surface area contributed by atoms with E-state index in [1.165, 1.54) is 0 Å². The van der Waals surface area contributed by atoms with Crippen molar-refractivity contribution in [2.24, 2.45) is 0 Å². The molecule has 1 atom stereocenters. The lowest BCUT2D eigenvalue weighted by atomic mass is 10.1. The van der Waals surface area contributed by atoms with Crippen molar-refractivity contribution in [1.82, 2.24) is 0 Å². The number of rotatable bonds is 41. The van der Waals surface area contributed by atoms with E-state index in [1.807, 2.05) is 97.2 Å². The molecule has 354 valence electrons. The molecule has 0 aliphatic heterocycles. The molecule has 6 heteroatoms. The smallest absolute Gasteiger partial charge is 0.306 e. The molecule has 0 aromatic heterocycles. The molecule has 0 amide bonds. The highest BCUT2D eigenvalue weighted by atomic mass is 16.6. The Bertz CT molecular complexity index is 1520. The van der Waals surface area contributed by atoms with E-state index in [9.17, 15) is 14.4 Å². The summed E-state index contributed by atoms with van der Waals surface area (Å²) in [5.41, 5.74) is 0. The summed E-state index contributed by atoms with van der Waals surface area (Å²) in [5.74, 6) is -1.02. The summed E-state index contributed by atoms with van der Waals surface area (Å²) in [6.45, 7) is 6.13. The minimum atomic E-state index is -0.823. The number of carbonyl (C=O) groups is 3. The molecule has 0 spiro atoms. The lowest BCUT2D eigenvalue weighted by Crippen LogP contribution is -2.30. The van der Waals surface area contributed by atoms with Crippen LogP contribution in [0.3, 0.4) is 0 Å². The quantitative estimate of drug-likeness (QED) is 0.0200. The number of esters is 3. The molecule has 0 aliphatic rings. The predicted octanol–water partition coefficient (Wildman–Crippen LogP) is 16.2. The van der Waals surface area contributed by atoms with Gasteiger partial charge >= 0.3 is 17.9 Å². The van der Waals surface area contributed by atoms with Crippen LogP contribution in [-0.4, -0.2) is 37.2 Å². The Labute approximate surface area is 390 Å². The maximum atomic E-state index is 12.8. The van der Waals surface area contributed by atoms with E-state index in [4.69, 9.17) is 14.2 Å². The van der Waals surface area contributed by atoms with Gasteiger partial charge in [-0.3, -0.25) is 14.4 Å². The van der Waals surface area contributed by atoms with Gasteiger partial charge in [-0.1, -0.05) is 224 Å². The minimum absolute atomic E-state index is 0.119. The Balaban J connectivity index is 4.59. The molecular weight excluding hydrogens is 793 g/mol. The second kappa shape index (κ2) is 50.7. The van der Waals surface area contributed by atoms with Crippen molar-refractivity contribution in [2.45, 2.75) is 175 Å². The second-order valence-corrected chi connectivity index (χ2v) is 15.5. The van der Waals surface area contributed by atoms with Crippen LogP contribution in [0.15, 0.2) is 158 Å². The first kappa shape index (κ1) is 59.0. The van der Waals surface area contributed by atoms with E-state index in [-0.39, 0.29) is 44.0 Å². The third-order valence-corrected chi connectivity index (χ3v) is 9.55. The molecule has 0 N–H and O–H groups in total. The summed E-state index contributed by atoms with van der Waals surface area (Å²) >= 11 is 0. The zero-order valence-corrected chi connectivity index (χ0v) is 40.2. The van der Waals surface area contributed by atoms with Crippen LogP contribution in [-0.2, 0) is 28.6 Å². The van der Waals surface area contributed by atoms with Crippen molar-refractivity contribution in [2.75, 3.05) is 13.2 Å². The molecule has 0 heterocycles. The van der Waals surface area contributed by atoms with E-state index < -0.39 is 6.10 Å². The third kappa shape index (κ3) is 48.1. The highest BCUT2D eigenvalue weighted by molar-refractivity contribution is 5.71. The molecule has 0 radical (unpaired) electrons. The number of carbonyl (C=O) groups excluding carboxylic acids is 3. The van der Waals surface area contributed by atoms with E-state index >= 15 is 0 Å². The molecule has 1 unspecified atom stereocenters. The van der Waals surface area contributed by atoms with Gasteiger partial charge in [0.15, 0.2) is 6.10 Å². The van der Waals surface area contributed by atoms with Crippen LogP contribution in [0.25, 0.3) is 0 Å². The molecule has 0 saturated heterocycles. The van der Waals surface area contributed by atoms with Crippen LogP contribution in [0.5, 0.6) is 0 Å². The molecule has 6 nitrogen and oxygen atoms in total. The van der Waals surface area contributed by atoms with Crippen molar-refractivity contribution >= 4 is 17.9 Å². The Kier molecular flexibility index (Phi) is 46.7. The fraction of sp³-hybridized carbons (Fsp3) is 0.500. The maximum Gasteiger partial charge on any atom is 0.306 e. The minimum Gasteiger partial charge on any atom is -0.462 e. The molecule has 0 rings (SSSR count). The van der Waals surface area contributed by atoms with Crippen LogP contribution >= 0.6 is 0 Å². The molecule has 64 heavy (non-hydrogen) atoms. The SMILES string of the molecule is CC\C=C/C=C\C=C/C=C\C=C\C=C/C=C\CCCCCC(=O)OCC(COC(=O)CCCCCCC/C=C\C/C=C\CC)OC(=O)CCCCCCC\C=C/C=C\C=C/C=C\CC. The number of allylic oxidation sites excluding steroid dienone is 26. The Hall–Kier alpha value is -4.97. The summed E-state index contributed by atoms with van der Waals surface area (Å²) < 4.78 is 16.7. The van der Waals surface area contributed by atoms with E-state index in [0.29, 0.717) is 12.8 Å². The van der Waals surface area contributed by atoms with Crippen LogP contribution < -0.4 is 0 Å². The number of ether oxygens (including phenoxy) is 3. The van der Waals surface area contributed by atoms with E-state index in [2.05, 4.69) is 81.5 Å². The number of hydrogen-bond donors (Lipinski definition) is 0. The molecule has 0 aromatic carbocycles. The van der Waals surface area contributed by atoms with Gasteiger partial charge in [0.05, 0.1) is 0 Å². The fourth-order valence-corrected chi connectivity index (χ4v) is 5.94. The van der Waals surface area contributed by atoms with Crippen molar-refractivity contribution in [1.29, 1.82) is 0 Å². The summed E-state index contributed by atoms with van der Waals surface area (Å²) in [4.78, 5) is 37.9. The number of unbranched alkanes of at least 4 members (excludes halogenated alkanes) is 13. The zero-order valence-electron chi connectivity index (χ0n) is 40.2. The zero-order chi connectivity index (χ0) is 46.5. The first-order valence-corrected chi connectivity index (χ1v) is 24.6. The second-order valence-electron chi connectivity index (χ2n) is 15.5. The van der Waals surface area contributed by atoms with Gasteiger partial charge in [-0.2, -0.15) is 0 Å². The highest BCUT2D eigenvalue weighted by Gasteiger charge is 2.19. The third-order valence-electron chi connectivity index (χ3n) is 9.55. The summed E-state index contributed by atoms with van der Waals surface area (Å²) in [6.07, 6.45) is 73.6. The van der Waals surface area contributed by atoms with Gasteiger partial charge in [-0.15, -0.1) is 0 Å². The lowest BCUT2D eigenvalue weighted by Gasteiger charge is -2.18. The van der Waals surface area contributed by atoms with Crippen LogP contribution in [0.1, 0.15) is 168 Å². The van der Waals surface area contributed by atoms with E-state index in [1.54, 1.807) is 0 Å². The standard InChI is InChI=1S/C58H86O6/c1-4-7-10-13-16-19-22-25-27-28-29-30-32-33-36-39-42-45-48-51-57(60)63-54-55(53-62-56(59)50-47-44-41-38-35-24-21-18-15-12-9-6-3)64-58(61)52-49-46-43-40-37-34-31-26-23-20-17-14-11-8-5-2/h7-14,16-23,25-33,36,55H,4-6,15,24,34-35,37-54H2,1-3H3/b10-7-,11-8-,12-9-,16-13-,17-14-,21-18-,22-19-,23-20-,27-25-,29-28+,31-26-,32-30-,36-33-. The van der Waals surface area contributed by atoms with Crippen molar-refractivity contribution in [3.8, 4) is 0 Å². The Morgan fingerprint density at radius 2 is 0.641 bits per heavy atom. The molecule has 0 saturated carbocycles. The van der Waals surface area contributed by atoms with Crippen molar-refractivity contribution in [3.63, 3.8) is 0 Å². The molecule has 0 aliphatic carbocycles. The van der Waals surface area contributed by atoms with Gasteiger partial charge in [-0.25, -0.2) is 0 Å². The number of hydrogen-bond acceptors (Lipinski definition) is 6. The maximum absolute atomic E-state index is 12.8. The van der Waals surface area contributed by atoms with Gasteiger partial charge < -0.3 is 14.2 Å². The highest BCUT2D eigenvalue weighted by Crippen LogP contribution is 2.12. The largest absolute Gasteiger partial charge is 0.462 e. The van der Waals surface area contributed by atoms with Crippen molar-refractivity contribution in [3.05, 3.63) is 158 Å². The fourth-order valence-electron chi connectivity index (χ4n) is 5.94. The average Bonchev–Trinajstić information content (AvgIpc) is 3.29. The first-order valence-electron chi connectivity index (χ1n) is 24.6. The molecule has 0 aromatic rings. The molecule has 0 bridgehead atoms. The first-order chi connectivity index (χ1) is 31.5. The van der Waals surface area contributed by atoms with Crippen LogP contribution in [0.2, 0.25) is 0 Å². The predicted molar refractivity (Wildman–Crippen MR) is 274 cm³/mol. The van der Waals surface area contributed by atoms with E-state index in [0.717, 1.165) is 122 Å². The normalized spacial score (nSPS) is 13.5. The molecule has 0 fully saturated rings. The molecular formula is C58H86O6. The summed E-state index contributed by atoms with van der Waals surface area (Å²) in [7, 11) is 0. The van der Waals surface area contributed by atoms with Gasteiger partial charge in [0.1, 0.15) is 13.2 Å². The average molecular weight is 879 g/mol. The van der Waals surface area contributed by atoms with Crippen LogP contribution in [0.4, 0.5) is 0 Å². The Morgan fingerprint density at radius 3 is 1.06 bits per heavy atom. The topological polar surface area (TPSA) is 78.9 Å². The summed E-state index contributed by atoms with van der Waals surface area (Å²) in [6, 6.07) is 0. The van der Waals surface area contributed by atoms with Gasteiger partial charge in [-0.05, 0) is 83.5 Å². The van der Waals surface area contributed by atoms with Gasteiger partial charge in [0, 0.05) is 19.3 Å².